The Bertz CT molecular complexity index is 429. The minimum atomic E-state index is 0.914. The van der Waals surface area contributed by atoms with Gasteiger partial charge in [-0.25, -0.2) is 0 Å². The molecule has 0 aliphatic carbocycles. The Labute approximate surface area is 90.1 Å². The summed E-state index contributed by atoms with van der Waals surface area (Å²) in [5.41, 5.74) is 2.20. The summed E-state index contributed by atoms with van der Waals surface area (Å²) in [7, 11) is 0. The average Bonchev–Trinajstić information content (AvgIpc) is 2.69. The molecule has 1 radical (unpaired) electrons. The second-order valence-corrected chi connectivity index (χ2v) is 3.60. The van der Waals surface area contributed by atoms with Crippen LogP contribution in [-0.2, 0) is 6.54 Å². The van der Waals surface area contributed by atoms with E-state index in [0.717, 1.165) is 30.8 Å². The minimum absolute atomic E-state index is 0.914. The molecule has 1 aromatic carbocycles. The lowest BCUT2D eigenvalue weighted by molar-refractivity contribution is 0.293. The van der Waals surface area contributed by atoms with Crippen molar-refractivity contribution in [2.75, 3.05) is 13.1 Å². The van der Waals surface area contributed by atoms with Gasteiger partial charge in [0.1, 0.15) is 0 Å². The highest BCUT2D eigenvalue weighted by Gasteiger charge is 2.07. The first-order valence-electron chi connectivity index (χ1n) is 5.40. The Kier molecular flexibility index (Phi) is 3.02. The van der Waals surface area contributed by atoms with E-state index in [2.05, 4.69) is 41.1 Å². The van der Waals surface area contributed by atoms with Crippen molar-refractivity contribution in [2.24, 2.45) is 0 Å². The fourth-order valence-corrected chi connectivity index (χ4v) is 1.74. The molecule has 0 saturated carbocycles. The standard InChI is InChI=1S/C12H16N3/c1-3-15(4-2)9-12-10-7-5-6-8-11(10)13-14-12/h5,7-8H,3-4,9H2,1-2H3,(H,13,14). The van der Waals surface area contributed by atoms with Crippen LogP contribution >= 0.6 is 0 Å². The Morgan fingerprint density at radius 1 is 1.40 bits per heavy atom. The third-order valence-corrected chi connectivity index (χ3v) is 2.75. The zero-order valence-electron chi connectivity index (χ0n) is 9.25. The highest BCUT2D eigenvalue weighted by molar-refractivity contribution is 5.80. The molecule has 0 spiro atoms. The molecule has 3 heteroatoms. The van der Waals surface area contributed by atoms with Crippen molar-refractivity contribution in [3.63, 3.8) is 0 Å². The topological polar surface area (TPSA) is 31.9 Å². The normalized spacial score (nSPS) is 11.4. The van der Waals surface area contributed by atoms with E-state index in [9.17, 15) is 0 Å². The van der Waals surface area contributed by atoms with Crippen LogP contribution in [0.1, 0.15) is 19.5 Å². The Morgan fingerprint density at radius 2 is 2.20 bits per heavy atom. The maximum Gasteiger partial charge on any atom is 0.0840 e. The summed E-state index contributed by atoms with van der Waals surface area (Å²) in [6.07, 6.45) is 0. The van der Waals surface area contributed by atoms with E-state index in [-0.39, 0.29) is 0 Å². The predicted molar refractivity (Wildman–Crippen MR) is 61.6 cm³/mol. The van der Waals surface area contributed by atoms with Gasteiger partial charge in [-0.05, 0) is 25.2 Å². The van der Waals surface area contributed by atoms with Crippen molar-refractivity contribution in [3.05, 3.63) is 30.0 Å². The molecule has 15 heavy (non-hydrogen) atoms. The summed E-state index contributed by atoms with van der Waals surface area (Å²) < 4.78 is 0. The second-order valence-electron chi connectivity index (χ2n) is 3.60. The minimum Gasteiger partial charge on any atom is -0.298 e. The number of H-pyrrole nitrogens is 1. The quantitative estimate of drug-likeness (QED) is 0.824. The summed E-state index contributed by atoms with van der Waals surface area (Å²) in [5, 5.41) is 8.59. The summed E-state index contributed by atoms with van der Waals surface area (Å²) in [6, 6.07) is 8.98. The fourth-order valence-electron chi connectivity index (χ4n) is 1.74. The molecule has 1 N–H and O–H groups in total. The molecule has 1 aromatic heterocycles. The molecule has 0 aliphatic rings. The van der Waals surface area contributed by atoms with E-state index in [1.807, 2.05) is 12.1 Å². The number of fused-ring (bicyclic) bond motifs is 1. The van der Waals surface area contributed by atoms with Crippen LogP contribution in [0.25, 0.3) is 10.9 Å². The van der Waals surface area contributed by atoms with Crippen LogP contribution in [0.3, 0.4) is 0 Å². The molecule has 2 rings (SSSR count). The lowest BCUT2D eigenvalue weighted by Gasteiger charge is -2.16. The van der Waals surface area contributed by atoms with Crippen molar-refractivity contribution in [1.82, 2.24) is 15.1 Å². The first-order valence-corrected chi connectivity index (χ1v) is 5.40. The molecule has 0 unspecified atom stereocenters. The molecule has 0 atom stereocenters. The number of hydrogen-bond donors (Lipinski definition) is 1. The highest BCUT2D eigenvalue weighted by Crippen LogP contribution is 2.16. The number of nitrogens with one attached hydrogen (secondary N) is 1. The Hall–Kier alpha value is -1.35. The molecule has 1 heterocycles. The average molecular weight is 202 g/mol. The van der Waals surface area contributed by atoms with Crippen molar-refractivity contribution in [3.8, 4) is 0 Å². The van der Waals surface area contributed by atoms with Crippen LogP contribution in [0.15, 0.2) is 18.2 Å². The van der Waals surface area contributed by atoms with E-state index < -0.39 is 0 Å². The Morgan fingerprint density at radius 3 is 2.93 bits per heavy atom. The van der Waals surface area contributed by atoms with Crippen LogP contribution in [0.2, 0.25) is 0 Å². The molecule has 3 nitrogen and oxygen atoms in total. The highest BCUT2D eigenvalue weighted by atomic mass is 15.2. The largest absolute Gasteiger partial charge is 0.298 e. The molecule has 0 bridgehead atoms. The van der Waals surface area contributed by atoms with Crippen molar-refractivity contribution >= 4 is 10.9 Å². The fraction of sp³-hybridized carbons (Fsp3) is 0.417. The lowest BCUT2D eigenvalue weighted by Crippen LogP contribution is -2.22. The third kappa shape index (κ3) is 2.02. The van der Waals surface area contributed by atoms with Gasteiger partial charge in [0, 0.05) is 11.9 Å². The van der Waals surface area contributed by atoms with E-state index >= 15 is 0 Å². The van der Waals surface area contributed by atoms with E-state index in [1.54, 1.807) is 0 Å². The molecule has 0 fully saturated rings. The molecule has 2 aromatic rings. The van der Waals surface area contributed by atoms with Gasteiger partial charge in [-0.3, -0.25) is 10.00 Å². The maximum absolute atomic E-state index is 4.34. The van der Waals surface area contributed by atoms with Gasteiger partial charge in [-0.2, -0.15) is 5.10 Å². The maximum atomic E-state index is 4.34. The van der Waals surface area contributed by atoms with Gasteiger partial charge in [0.25, 0.3) is 0 Å². The van der Waals surface area contributed by atoms with Crippen molar-refractivity contribution in [1.29, 1.82) is 0 Å². The summed E-state index contributed by atoms with van der Waals surface area (Å²) in [6.45, 7) is 7.38. The zero-order chi connectivity index (χ0) is 10.7. The van der Waals surface area contributed by atoms with Gasteiger partial charge in [0.15, 0.2) is 0 Å². The van der Waals surface area contributed by atoms with Gasteiger partial charge in [-0.15, -0.1) is 0 Å². The summed E-state index contributed by atoms with van der Waals surface area (Å²) in [5.74, 6) is 0. The van der Waals surface area contributed by atoms with Gasteiger partial charge < -0.3 is 0 Å². The van der Waals surface area contributed by atoms with Gasteiger partial charge in [0.05, 0.1) is 11.2 Å². The second kappa shape index (κ2) is 4.45. The van der Waals surface area contributed by atoms with Crippen LogP contribution in [0, 0.1) is 6.07 Å². The zero-order valence-corrected chi connectivity index (χ0v) is 9.25. The summed E-state index contributed by atoms with van der Waals surface area (Å²) >= 11 is 0. The smallest absolute Gasteiger partial charge is 0.0840 e. The van der Waals surface area contributed by atoms with Crippen LogP contribution in [0.5, 0.6) is 0 Å². The first kappa shape index (κ1) is 10.2. The lowest BCUT2D eigenvalue weighted by atomic mass is 10.2. The number of benzene rings is 1. The third-order valence-electron chi connectivity index (χ3n) is 2.75. The van der Waals surface area contributed by atoms with Gasteiger partial charge >= 0.3 is 0 Å². The summed E-state index contributed by atoms with van der Waals surface area (Å²) in [4.78, 5) is 2.35. The van der Waals surface area contributed by atoms with E-state index in [1.165, 1.54) is 5.39 Å². The molecule has 0 saturated heterocycles. The predicted octanol–water partition coefficient (Wildman–Crippen LogP) is 2.20. The number of nitrogens with zero attached hydrogens (tertiary/aromatic N) is 2. The molecule has 0 amide bonds. The van der Waals surface area contributed by atoms with Crippen LogP contribution in [0.4, 0.5) is 0 Å². The van der Waals surface area contributed by atoms with Crippen molar-refractivity contribution < 1.29 is 0 Å². The number of rotatable bonds is 4. The number of aromatic amines is 1. The van der Waals surface area contributed by atoms with E-state index in [4.69, 9.17) is 0 Å². The van der Waals surface area contributed by atoms with Crippen molar-refractivity contribution in [2.45, 2.75) is 20.4 Å². The van der Waals surface area contributed by atoms with Crippen LogP contribution in [-0.4, -0.2) is 28.2 Å². The Balaban J connectivity index is 2.28. The van der Waals surface area contributed by atoms with Gasteiger partial charge in [0.2, 0.25) is 0 Å². The molecular weight excluding hydrogens is 186 g/mol. The monoisotopic (exact) mass is 202 g/mol. The molecular formula is C12H16N3. The molecule has 79 valence electrons. The first-order chi connectivity index (χ1) is 7.35. The SMILES string of the molecule is CCN(CC)Cc1n[nH]c2c[c]ccc12. The number of aromatic nitrogens is 2. The van der Waals surface area contributed by atoms with E-state index in [0.29, 0.717) is 0 Å². The molecule has 0 aliphatic heterocycles. The van der Waals surface area contributed by atoms with Gasteiger partial charge in [-0.1, -0.05) is 26.0 Å². The van der Waals surface area contributed by atoms with Crippen LogP contribution < -0.4 is 0 Å². The number of hydrogen-bond acceptors (Lipinski definition) is 2.